The molecule has 0 saturated heterocycles. The van der Waals surface area contributed by atoms with Crippen LogP contribution >= 0.6 is 23.2 Å². The van der Waals surface area contributed by atoms with Crippen LogP contribution in [0.25, 0.3) is 0 Å². The summed E-state index contributed by atoms with van der Waals surface area (Å²) >= 11 is 11.7. The Morgan fingerprint density at radius 3 is 2.67 bits per heavy atom. The second kappa shape index (κ2) is 5.84. The summed E-state index contributed by atoms with van der Waals surface area (Å²) in [5, 5.41) is 0.885. The van der Waals surface area contributed by atoms with Gasteiger partial charge in [0.1, 0.15) is 6.61 Å². The Kier molecular flexibility index (Phi) is 3.90. The van der Waals surface area contributed by atoms with Crippen molar-refractivity contribution in [3.05, 3.63) is 57.6 Å². The van der Waals surface area contributed by atoms with Crippen molar-refractivity contribution in [2.75, 3.05) is 6.79 Å². The first-order valence-electron chi connectivity index (χ1n) is 6.14. The van der Waals surface area contributed by atoms with Crippen molar-refractivity contribution >= 4 is 29.2 Å². The van der Waals surface area contributed by atoms with Crippen molar-refractivity contribution in [2.24, 2.45) is 0 Å². The van der Waals surface area contributed by atoms with Gasteiger partial charge < -0.3 is 14.2 Å². The lowest BCUT2D eigenvalue weighted by atomic mass is 10.2. The van der Waals surface area contributed by atoms with Gasteiger partial charge >= 0.3 is 5.97 Å². The van der Waals surface area contributed by atoms with Crippen LogP contribution in [-0.2, 0) is 11.3 Å². The fourth-order valence-electron chi connectivity index (χ4n) is 1.89. The molecule has 2 aromatic rings. The SMILES string of the molecule is O=C(OCc1ccc(Cl)c(Cl)c1)c1ccc2c(c1)OCO2. The second-order valence-electron chi connectivity index (χ2n) is 4.39. The highest BCUT2D eigenvalue weighted by Gasteiger charge is 2.17. The van der Waals surface area contributed by atoms with Crippen LogP contribution in [-0.4, -0.2) is 12.8 Å². The number of carbonyl (C=O) groups is 1. The van der Waals surface area contributed by atoms with Crippen molar-refractivity contribution in [3.8, 4) is 11.5 Å². The fourth-order valence-corrected chi connectivity index (χ4v) is 2.21. The first-order valence-corrected chi connectivity index (χ1v) is 6.90. The minimum Gasteiger partial charge on any atom is -0.457 e. The predicted octanol–water partition coefficient (Wildman–Crippen LogP) is 4.08. The summed E-state index contributed by atoms with van der Waals surface area (Å²) in [6, 6.07) is 9.98. The van der Waals surface area contributed by atoms with E-state index < -0.39 is 5.97 Å². The minimum absolute atomic E-state index is 0.115. The van der Waals surface area contributed by atoms with E-state index in [0.29, 0.717) is 27.1 Å². The topological polar surface area (TPSA) is 44.8 Å². The normalized spacial score (nSPS) is 12.3. The monoisotopic (exact) mass is 324 g/mol. The molecule has 1 heterocycles. The van der Waals surface area contributed by atoms with Gasteiger partial charge in [-0.1, -0.05) is 29.3 Å². The van der Waals surface area contributed by atoms with Crippen LogP contribution in [0.15, 0.2) is 36.4 Å². The molecule has 108 valence electrons. The largest absolute Gasteiger partial charge is 0.457 e. The Labute approximate surface area is 131 Å². The van der Waals surface area contributed by atoms with Gasteiger partial charge in [0.05, 0.1) is 15.6 Å². The van der Waals surface area contributed by atoms with E-state index in [4.69, 9.17) is 37.4 Å². The molecular weight excluding hydrogens is 315 g/mol. The average Bonchev–Trinajstić information content (AvgIpc) is 2.95. The molecule has 0 saturated carbocycles. The van der Waals surface area contributed by atoms with E-state index in [9.17, 15) is 4.79 Å². The zero-order chi connectivity index (χ0) is 14.8. The molecule has 0 unspecified atom stereocenters. The van der Waals surface area contributed by atoms with Crippen LogP contribution in [0.3, 0.4) is 0 Å². The van der Waals surface area contributed by atoms with Crippen molar-refractivity contribution < 1.29 is 19.0 Å². The van der Waals surface area contributed by atoms with Gasteiger partial charge in [-0.25, -0.2) is 4.79 Å². The van der Waals surface area contributed by atoms with Crippen LogP contribution in [0.5, 0.6) is 11.5 Å². The summed E-state index contributed by atoms with van der Waals surface area (Å²) < 4.78 is 15.6. The van der Waals surface area contributed by atoms with Crippen molar-refractivity contribution in [1.82, 2.24) is 0 Å². The highest BCUT2D eigenvalue weighted by atomic mass is 35.5. The molecule has 0 N–H and O–H groups in total. The lowest BCUT2D eigenvalue weighted by Crippen LogP contribution is -2.05. The first-order chi connectivity index (χ1) is 10.1. The van der Waals surface area contributed by atoms with Gasteiger partial charge in [-0.3, -0.25) is 0 Å². The van der Waals surface area contributed by atoms with E-state index in [-0.39, 0.29) is 13.4 Å². The van der Waals surface area contributed by atoms with Crippen molar-refractivity contribution in [1.29, 1.82) is 0 Å². The maximum absolute atomic E-state index is 12.0. The predicted molar refractivity (Wildman–Crippen MR) is 78.1 cm³/mol. The van der Waals surface area contributed by atoms with Crippen LogP contribution in [0.4, 0.5) is 0 Å². The highest BCUT2D eigenvalue weighted by molar-refractivity contribution is 6.42. The van der Waals surface area contributed by atoms with Gasteiger partial charge in [-0.15, -0.1) is 0 Å². The summed E-state index contributed by atoms with van der Waals surface area (Å²) in [6.45, 7) is 0.279. The maximum Gasteiger partial charge on any atom is 0.338 e. The molecule has 0 aromatic heterocycles. The Morgan fingerprint density at radius 2 is 1.86 bits per heavy atom. The Balaban J connectivity index is 1.67. The van der Waals surface area contributed by atoms with Crippen LogP contribution in [0.2, 0.25) is 10.0 Å². The summed E-state index contributed by atoms with van der Waals surface area (Å²) in [6.07, 6.45) is 0. The van der Waals surface area contributed by atoms with Gasteiger partial charge in [0.25, 0.3) is 0 Å². The lowest BCUT2D eigenvalue weighted by molar-refractivity contribution is 0.0472. The zero-order valence-corrected chi connectivity index (χ0v) is 12.3. The van der Waals surface area contributed by atoms with E-state index in [2.05, 4.69) is 0 Å². The molecule has 6 heteroatoms. The summed E-state index contributed by atoms with van der Waals surface area (Å²) in [7, 11) is 0. The number of ether oxygens (including phenoxy) is 3. The molecule has 0 bridgehead atoms. The molecule has 0 spiro atoms. The average molecular weight is 325 g/mol. The molecule has 0 aliphatic carbocycles. The number of benzene rings is 2. The first kappa shape index (κ1) is 14.0. The molecule has 3 rings (SSSR count). The van der Waals surface area contributed by atoms with Crippen LogP contribution < -0.4 is 9.47 Å². The van der Waals surface area contributed by atoms with E-state index in [1.54, 1.807) is 36.4 Å². The van der Waals surface area contributed by atoms with E-state index in [1.165, 1.54) is 0 Å². The highest BCUT2D eigenvalue weighted by Crippen LogP contribution is 2.32. The number of halogens is 2. The molecule has 0 amide bonds. The van der Waals surface area contributed by atoms with Gasteiger partial charge in [-0.2, -0.15) is 0 Å². The zero-order valence-electron chi connectivity index (χ0n) is 10.8. The van der Waals surface area contributed by atoms with Crippen LogP contribution in [0.1, 0.15) is 15.9 Å². The number of esters is 1. The number of fused-ring (bicyclic) bond motifs is 1. The molecule has 1 aliphatic rings. The maximum atomic E-state index is 12.0. The fraction of sp³-hybridized carbons (Fsp3) is 0.133. The third-order valence-electron chi connectivity index (χ3n) is 2.96. The molecule has 0 atom stereocenters. The van der Waals surface area contributed by atoms with Gasteiger partial charge in [0.15, 0.2) is 11.5 Å². The van der Waals surface area contributed by atoms with Gasteiger partial charge in [0, 0.05) is 0 Å². The van der Waals surface area contributed by atoms with Crippen molar-refractivity contribution in [3.63, 3.8) is 0 Å². The van der Waals surface area contributed by atoms with Crippen molar-refractivity contribution in [2.45, 2.75) is 6.61 Å². The van der Waals surface area contributed by atoms with Crippen LogP contribution in [0, 0.1) is 0 Å². The van der Waals surface area contributed by atoms with E-state index in [0.717, 1.165) is 5.56 Å². The Bertz CT molecular complexity index is 700. The second-order valence-corrected chi connectivity index (χ2v) is 5.21. The van der Waals surface area contributed by atoms with E-state index >= 15 is 0 Å². The molecule has 4 nitrogen and oxygen atoms in total. The molecule has 0 radical (unpaired) electrons. The summed E-state index contributed by atoms with van der Waals surface area (Å²) in [4.78, 5) is 12.0. The third kappa shape index (κ3) is 3.06. The summed E-state index contributed by atoms with van der Waals surface area (Å²) in [5.41, 5.74) is 1.16. The quantitative estimate of drug-likeness (QED) is 0.798. The molecule has 0 fully saturated rings. The number of hydrogen-bond donors (Lipinski definition) is 0. The molecule has 2 aromatic carbocycles. The molecular formula is C15H10Cl2O4. The third-order valence-corrected chi connectivity index (χ3v) is 3.70. The smallest absolute Gasteiger partial charge is 0.338 e. The Hall–Kier alpha value is -1.91. The number of hydrogen-bond acceptors (Lipinski definition) is 4. The standard InChI is InChI=1S/C15H10Cl2O4/c16-11-3-1-9(5-12(11)17)7-19-15(18)10-2-4-13-14(6-10)21-8-20-13/h1-6H,7-8H2. The molecule has 21 heavy (non-hydrogen) atoms. The molecule has 1 aliphatic heterocycles. The van der Waals surface area contributed by atoms with E-state index in [1.807, 2.05) is 0 Å². The van der Waals surface area contributed by atoms with Gasteiger partial charge in [-0.05, 0) is 35.9 Å². The lowest BCUT2D eigenvalue weighted by Gasteiger charge is -2.06. The summed E-state index contributed by atoms with van der Waals surface area (Å²) in [5.74, 6) is 0.717. The van der Waals surface area contributed by atoms with Gasteiger partial charge in [0.2, 0.25) is 6.79 Å². The Morgan fingerprint density at radius 1 is 1.05 bits per heavy atom. The number of rotatable bonds is 3. The minimum atomic E-state index is -0.445. The number of carbonyl (C=O) groups excluding carboxylic acids is 1.